The molecule has 0 aromatic heterocycles. The zero-order valence-electron chi connectivity index (χ0n) is 14.3. The molecular weight excluding hydrogens is 330 g/mol. The third kappa shape index (κ3) is 4.85. The highest BCUT2D eigenvalue weighted by atomic mass is 35.5. The Kier molecular flexibility index (Phi) is 6.45. The number of methoxy groups -OCH3 is 1. The summed E-state index contributed by atoms with van der Waals surface area (Å²) >= 11 is 5.97. The number of carbonyl (C=O) groups is 2. The number of ether oxygens (including phenoxy) is 1. The largest absolute Gasteiger partial charge is 0.495 e. The molecule has 7 heteroatoms. The van der Waals surface area contributed by atoms with Crippen molar-refractivity contribution in [3.05, 3.63) is 23.2 Å². The smallest absolute Gasteiger partial charge is 0.229 e. The third-order valence-electron chi connectivity index (χ3n) is 4.04. The fourth-order valence-electron chi connectivity index (χ4n) is 2.75. The van der Waals surface area contributed by atoms with Gasteiger partial charge in [0.2, 0.25) is 11.8 Å². The van der Waals surface area contributed by atoms with Crippen molar-refractivity contribution < 1.29 is 14.3 Å². The van der Waals surface area contributed by atoms with Gasteiger partial charge < -0.3 is 19.9 Å². The van der Waals surface area contributed by atoms with E-state index in [1.54, 1.807) is 23.1 Å². The summed E-state index contributed by atoms with van der Waals surface area (Å²) in [5.41, 5.74) is 0.522. The van der Waals surface area contributed by atoms with Crippen molar-refractivity contribution in [3.8, 4) is 5.75 Å². The van der Waals surface area contributed by atoms with Crippen LogP contribution in [-0.2, 0) is 9.59 Å². The SMILES string of the molecule is COc1ccc(Cl)cc1NC(=O)C1CC(=O)N(CCCN(C)C)C1. The van der Waals surface area contributed by atoms with Crippen LogP contribution in [0.4, 0.5) is 5.69 Å². The Balaban J connectivity index is 1.94. The van der Waals surface area contributed by atoms with Crippen LogP contribution in [0.3, 0.4) is 0 Å². The molecule has 1 atom stereocenters. The molecule has 132 valence electrons. The Hall–Kier alpha value is -1.79. The molecule has 1 aliphatic rings. The molecule has 1 aromatic carbocycles. The lowest BCUT2D eigenvalue weighted by atomic mass is 10.1. The maximum atomic E-state index is 12.5. The first-order valence-electron chi connectivity index (χ1n) is 7.97. The summed E-state index contributed by atoms with van der Waals surface area (Å²) in [4.78, 5) is 28.4. The highest BCUT2D eigenvalue weighted by Gasteiger charge is 2.34. The Morgan fingerprint density at radius 1 is 1.46 bits per heavy atom. The van der Waals surface area contributed by atoms with Crippen molar-refractivity contribution in [2.45, 2.75) is 12.8 Å². The van der Waals surface area contributed by atoms with Crippen LogP contribution in [0.5, 0.6) is 5.75 Å². The Labute approximate surface area is 147 Å². The van der Waals surface area contributed by atoms with E-state index in [4.69, 9.17) is 16.3 Å². The predicted octanol–water partition coefficient (Wildman–Crippen LogP) is 2.09. The Bertz CT molecular complexity index is 607. The third-order valence-corrected chi connectivity index (χ3v) is 4.27. The first-order valence-corrected chi connectivity index (χ1v) is 8.35. The van der Waals surface area contributed by atoms with Crippen molar-refractivity contribution >= 4 is 29.1 Å². The molecule has 6 nitrogen and oxygen atoms in total. The topological polar surface area (TPSA) is 61.9 Å². The molecule has 1 N–H and O–H groups in total. The monoisotopic (exact) mass is 353 g/mol. The van der Waals surface area contributed by atoms with Crippen LogP contribution < -0.4 is 10.1 Å². The van der Waals surface area contributed by atoms with Crippen molar-refractivity contribution in [1.82, 2.24) is 9.80 Å². The lowest BCUT2D eigenvalue weighted by Crippen LogP contribution is -2.30. The van der Waals surface area contributed by atoms with E-state index in [-0.39, 0.29) is 24.2 Å². The molecule has 1 aliphatic heterocycles. The highest BCUT2D eigenvalue weighted by molar-refractivity contribution is 6.31. The number of hydrogen-bond acceptors (Lipinski definition) is 4. The molecule has 2 amide bonds. The summed E-state index contributed by atoms with van der Waals surface area (Å²) in [6, 6.07) is 5.04. The molecule has 0 spiro atoms. The molecule has 2 rings (SSSR count). The van der Waals surface area contributed by atoms with Gasteiger partial charge in [-0.1, -0.05) is 11.6 Å². The van der Waals surface area contributed by atoms with Gasteiger partial charge in [-0.15, -0.1) is 0 Å². The molecule has 1 heterocycles. The molecule has 24 heavy (non-hydrogen) atoms. The van der Waals surface area contributed by atoms with Crippen LogP contribution in [0.1, 0.15) is 12.8 Å². The van der Waals surface area contributed by atoms with Crippen LogP contribution in [0, 0.1) is 5.92 Å². The number of likely N-dealkylation sites (tertiary alicyclic amines) is 1. The number of halogens is 1. The minimum absolute atomic E-state index is 0.0342. The number of benzene rings is 1. The van der Waals surface area contributed by atoms with Gasteiger partial charge in [-0.25, -0.2) is 0 Å². The Morgan fingerprint density at radius 3 is 2.88 bits per heavy atom. The Morgan fingerprint density at radius 2 is 2.21 bits per heavy atom. The fraction of sp³-hybridized carbons (Fsp3) is 0.529. The van der Waals surface area contributed by atoms with E-state index in [9.17, 15) is 9.59 Å². The first kappa shape index (κ1) is 18.5. The van der Waals surface area contributed by atoms with Crippen molar-refractivity contribution in [1.29, 1.82) is 0 Å². The molecule has 0 aliphatic carbocycles. The summed E-state index contributed by atoms with van der Waals surface area (Å²) in [5, 5.41) is 3.34. The van der Waals surface area contributed by atoms with Crippen LogP contribution >= 0.6 is 11.6 Å². The lowest BCUT2D eigenvalue weighted by molar-refractivity contribution is -0.128. The number of rotatable bonds is 7. The van der Waals surface area contributed by atoms with E-state index in [1.807, 2.05) is 14.1 Å². The van der Waals surface area contributed by atoms with Gasteiger partial charge in [0.15, 0.2) is 0 Å². The van der Waals surface area contributed by atoms with Gasteiger partial charge in [0, 0.05) is 24.5 Å². The zero-order chi connectivity index (χ0) is 17.7. The number of carbonyl (C=O) groups excluding carboxylic acids is 2. The van der Waals surface area contributed by atoms with Gasteiger partial charge in [-0.05, 0) is 45.3 Å². The van der Waals surface area contributed by atoms with Crippen LogP contribution in [0.25, 0.3) is 0 Å². The van der Waals surface area contributed by atoms with Gasteiger partial charge in [0.25, 0.3) is 0 Å². The van der Waals surface area contributed by atoms with Crippen molar-refractivity contribution in [2.75, 3.05) is 46.2 Å². The van der Waals surface area contributed by atoms with Crippen LogP contribution in [0.15, 0.2) is 18.2 Å². The van der Waals surface area contributed by atoms with Crippen LogP contribution in [0.2, 0.25) is 5.02 Å². The van der Waals surface area contributed by atoms with Crippen molar-refractivity contribution in [2.24, 2.45) is 5.92 Å². The average molecular weight is 354 g/mol. The van der Waals surface area contributed by atoms with Gasteiger partial charge in [0.05, 0.1) is 18.7 Å². The number of anilines is 1. The van der Waals surface area contributed by atoms with E-state index < -0.39 is 0 Å². The molecule has 1 aromatic rings. The number of nitrogens with zero attached hydrogens (tertiary/aromatic N) is 2. The molecule has 1 saturated heterocycles. The lowest BCUT2D eigenvalue weighted by Gasteiger charge is -2.18. The minimum Gasteiger partial charge on any atom is -0.495 e. The van der Waals surface area contributed by atoms with Crippen LogP contribution in [-0.4, -0.2) is 62.5 Å². The number of amides is 2. The summed E-state index contributed by atoms with van der Waals surface area (Å²) in [7, 11) is 5.53. The first-order chi connectivity index (χ1) is 11.4. The second kappa shape index (κ2) is 8.35. The van der Waals surface area contributed by atoms with Gasteiger partial charge in [0.1, 0.15) is 5.75 Å². The van der Waals surface area contributed by atoms with E-state index >= 15 is 0 Å². The molecule has 1 unspecified atom stereocenters. The highest BCUT2D eigenvalue weighted by Crippen LogP contribution is 2.29. The van der Waals surface area contributed by atoms with Gasteiger partial charge >= 0.3 is 0 Å². The normalized spacial score (nSPS) is 17.5. The average Bonchev–Trinajstić information content (AvgIpc) is 2.88. The van der Waals surface area contributed by atoms with Crippen molar-refractivity contribution in [3.63, 3.8) is 0 Å². The number of hydrogen-bond donors (Lipinski definition) is 1. The second-order valence-corrected chi connectivity index (χ2v) is 6.67. The summed E-state index contributed by atoms with van der Waals surface area (Å²) in [5.74, 6) is 0.0476. The maximum absolute atomic E-state index is 12.5. The summed E-state index contributed by atoms with van der Waals surface area (Å²) in [6.07, 6.45) is 1.14. The van der Waals surface area contributed by atoms with E-state index in [0.717, 1.165) is 13.0 Å². The number of nitrogens with one attached hydrogen (secondary N) is 1. The van der Waals surface area contributed by atoms with E-state index in [0.29, 0.717) is 29.5 Å². The summed E-state index contributed by atoms with van der Waals surface area (Å²) < 4.78 is 5.23. The molecular formula is C17H24ClN3O3. The molecule has 1 fully saturated rings. The van der Waals surface area contributed by atoms with E-state index in [1.165, 1.54) is 7.11 Å². The van der Waals surface area contributed by atoms with Gasteiger partial charge in [-0.2, -0.15) is 0 Å². The molecule has 0 radical (unpaired) electrons. The standard InChI is InChI=1S/C17H24ClN3O3/c1-20(2)7-4-8-21-11-12(9-16(21)22)17(23)19-14-10-13(18)5-6-15(14)24-3/h5-6,10,12H,4,7-9,11H2,1-3H3,(H,19,23). The van der Waals surface area contributed by atoms with Gasteiger partial charge in [-0.3, -0.25) is 9.59 Å². The fourth-order valence-corrected chi connectivity index (χ4v) is 2.93. The summed E-state index contributed by atoms with van der Waals surface area (Å²) in [6.45, 7) is 2.06. The quantitative estimate of drug-likeness (QED) is 0.815. The van der Waals surface area contributed by atoms with E-state index in [2.05, 4.69) is 10.2 Å². The second-order valence-electron chi connectivity index (χ2n) is 6.23. The zero-order valence-corrected chi connectivity index (χ0v) is 15.1. The molecule has 0 saturated carbocycles. The maximum Gasteiger partial charge on any atom is 0.229 e. The predicted molar refractivity (Wildman–Crippen MR) is 94.5 cm³/mol. The minimum atomic E-state index is -0.347. The molecule has 0 bridgehead atoms.